The minimum absolute atomic E-state index is 0.0163. The molecule has 54 heavy (non-hydrogen) atoms. The van der Waals surface area contributed by atoms with Crippen molar-refractivity contribution in [1.82, 2.24) is 5.16 Å². The van der Waals surface area contributed by atoms with Gasteiger partial charge in [0.05, 0.1) is 34.2 Å². The highest BCUT2D eigenvalue weighted by Gasteiger charge is 2.46. The third-order valence-electron chi connectivity index (χ3n) is 11.0. The molecule has 2 aromatic carbocycles. The minimum Gasteiger partial charge on any atom is -0.377 e. The van der Waals surface area contributed by atoms with E-state index in [4.69, 9.17) is 37.2 Å². The molecule has 2 heterocycles. The molecule has 0 amide bonds. The number of aromatic nitrogens is 1. The van der Waals surface area contributed by atoms with Gasteiger partial charge in [-0.25, -0.2) is 12.8 Å². The largest absolute Gasteiger partial charge is 0.377 e. The number of hydrogen-bond donors (Lipinski definition) is 0. The Kier molecular flexibility index (Phi) is 14.3. The summed E-state index contributed by atoms with van der Waals surface area (Å²) in [5, 5.41) is 5.36. The molecule has 6 rings (SSSR count). The van der Waals surface area contributed by atoms with E-state index in [0.717, 1.165) is 88.4 Å². The monoisotopic (exact) mass is 804 g/mol. The van der Waals surface area contributed by atoms with Crippen molar-refractivity contribution in [2.45, 2.75) is 115 Å². The second kappa shape index (κ2) is 18.9. The van der Waals surface area contributed by atoms with Gasteiger partial charge in [0.15, 0.2) is 21.4 Å². The van der Waals surface area contributed by atoms with Crippen molar-refractivity contribution in [3.63, 3.8) is 0 Å². The predicted molar refractivity (Wildman–Crippen MR) is 209 cm³/mol. The number of Topliss-reactive ketones (excluding diaryl/α,β-unsaturated/α-hetero) is 2. The van der Waals surface area contributed by atoms with Gasteiger partial charge in [-0.2, -0.15) is 0 Å². The summed E-state index contributed by atoms with van der Waals surface area (Å²) in [6, 6.07) is 9.76. The van der Waals surface area contributed by atoms with Crippen LogP contribution in [0, 0.1) is 11.7 Å². The first kappa shape index (κ1) is 40.8. The molecule has 0 unspecified atom stereocenters. The lowest BCUT2D eigenvalue weighted by Gasteiger charge is -2.33. The smallest absolute Gasteiger partial charge is 0.177 e. The zero-order chi connectivity index (χ0) is 38.2. The average Bonchev–Trinajstić information content (AvgIpc) is 3.58. The summed E-state index contributed by atoms with van der Waals surface area (Å²) in [5.74, 6) is -0.293. The summed E-state index contributed by atoms with van der Waals surface area (Å²) in [7, 11) is -2.07. The van der Waals surface area contributed by atoms with Gasteiger partial charge in [0.1, 0.15) is 29.6 Å². The normalized spacial score (nSPS) is 19.6. The second-order valence-electron chi connectivity index (χ2n) is 15.2. The van der Waals surface area contributed by atoms with Crippen LogP contribution in [-0.4, -0.2) is 69.1 Å². The van der Waals surface area contributed by atoms with Gasteiger partial charge in [0.2, 0.25) is 0 Å². The molecule has 1 aliphatic heterocycles. The Morgan fingerprint density at radius 1 is 0.963 bits per heavy atom. The van der Waals surface area contributed by atoms with Crippen LogP contribution >= 0.6 is 23.2 Å². The number of benzene rings is 2. The molecule has 3 aliphatic rings. The lowest BCUT2D eigenvalue weighted by molar-refractivity contribution is -0.122. The van der Waals surface area contributed by atoms with Crippen LogP contribution in [0.2, 0.25) is 10.0 Å². The highest BCUT2D eigenvalue weighted by atomic mass is 35.5. The van der Waals surface area contributed by atoms with Crippen molar-refractivity contribution in [2.24, 2.45) is 5.92 Å². The maximum atomic E-state index is 15.5. The van der Waals surface area contributed by atoms with Crippen LogP contribution in [-0.2, 0) is 30.7 Å². The van der Waals surface area contributed by atoms with Crippen LogP contribution in [0.4, 0.5) is 10.1 Å². The van der Waals surface area contributed by atoms with Gasteiger partial charge in [-0.05, 0) is 68.9 Å². The van der Waals surface area contributed by atoms with E-state index in [1.165, 1.54) is 13.2 Å². The molecule has 13 heteroatoms. The third-order valence-corrected chi connectivity index (χ3v) is 13.3. The number of anilines is 1. The second-order valence-corrected chi connectivity index (χ2v) is 18.2. The number of ketones is 2. The average molecular weight is 806 g/mol. The molecule has 294 valence electrons. The molecule has 3 fully saturated rings. The zero-order valence-electron chi connectivity index (χ0n) is 31.0. The van der Waals surface area contributed by atoms with Crippen molar-refractivity contribution in [3.05, 3.63) is 69.1 Å². The van der Waals surface area contributed by atoms with E-state index in [9.17, 15) is 18.0 Å². The van der Waals surface area contributed by atoms with Crippen molar-refractivity contribution < 1.29 is 36.4 Å². The van der Waals surface area contributed by atoms with E-state index in [-0.39, 0.29) is 41.8 Å². The lowest BCUT2D eigenvalue weighted by Crippen LogP contribution is -2.39. The molecular formula is C41H51Cl2FN2O7S. The number of nitrogens with zero attached hydrogens (tertiary/aromatic N) is 2. The number of methoxy groups -OCH3 is 1. The molecule has 9 nitrogen and oxygen atoms in total. The lowest BCUT2D eigenvalue weighted by atomic mass is 10.0. The van der Waals surface area contributed by atoms with Gasteiger partial charge < -0.3 is 18.9 Å². The molecular weight excluding hydrogens is 754 g/mol. The number of carbonyl (C=O) groups excluding carboxylic acids is 2. The molecule has 3 aromatic rings. The Labute approximate surface area is 328 Å². The summed E-state index contributed by atoms with van der Waals surface area (Å²) in [6.45, 7) is 1.12. The van der Waals surface area contributed by atoms with Crippen molar-refractivity contribution in [1.29, 1.82) is 0 Å². The van der Waals surface area contributed by atoms with Gasteiger partial charge in [-0.15, -0.1) is 0 Å². The van der Waals surface area contributed by atoms with Crippen LogP contribution in [0.1, 0.15) is 117 Å². The van der Waals surface area contributed by atoms with E-state index in [2.05, 4.69) is 5.16 Å². The fourth-order valence-electron chi connectivity index (χ4n) is 8.03. The number of ether oxygens (including phenoxy) is 2. The van der Waals surface area contributed by atoms with Crippen molar-refractivity contribution >= 4 is 50.3 Å². The fourth-order valence-corrected chi connectivity index (χ4v) is 9.96. The Bertz CT molecular complexity index is 1860. The number of unbranched alkanes of at least 4 members (excludes halogenated alkanes) is 8. The topological polar surface area (TPSA) is 116 Å². The van der Waals surface area contributed by atoms with E-state index < -0.39 is 27.2 Å². The standard InChI is InChI=1S/C41H51Cl2FN2O7S/c1-51-24-31(47)12-9-7-5-3-2-4-6-8-10-19-54(49,50)26-37(48)28-17-18-36(35(44)21-28)46-23-29-20-30(46)22-38(29)52-25-32-40(45-53-41(32)27-15-16-27)39-33(42)13-11-14-34(39)43/h11,13-14,17-18,21,27,29-30,38H,2-10,12,15-16,19-20,22-26H2,1H3/t29-,30-,38+/m0/s1. The van der Waals surface area contributed by atoms with Gasteiger partial charge in [0.25, 0.3) is 0 Å². The number of sulfone groups is 1. The number of fused-ring (bicyclic) bond motifs is 2. The van der Waals surface area contributed by atoms with E-state index in [1.54, 1.807) is 30.3 Å². The van der Waals surface area contributed by atoms with Gasteiger partial charge in [-0.3, -0.25) is 9.59 Å². The van der Waals surface area contributed by atoms with Crippen molar-refractivity contribution in [3.8, 4) is 11.3 Å². The minimum atomic E-state index is -3.60. The van der Waals surface area contributed by atoms with Crippen LogP contribution in [0.5, 0.6) is 0 Å². The first-order valence-corrected chi connectivity index (χ1v) is 22.0. The highest BCUT2D eigenvalue weighted by Crippen LogP contribution is 2.47. The summed E-state index contributed by atoms with van der Waals surface area (Å²) in [6.07, 6.45) is 12.7. The molecule has 0 radical (unpaired) electrons. The molecule has 0 N–H and O–H groups in total. The van der Waals surface area contributed by atoms with E-state index >= 15 is 4.39 Å². The number of hydrogen-bond acceptors (Lipinski definition) is 9. The van der Waals surface area contributed by atoms with Crippen LogP contribution < -0.4 is 4.90 Å². The van der Waals surface area contributed by atoms with Crippen molar-refractivity contribution in [2.75, 3.05) is 36.7 Å². The Morgan fingerprint density at radius 3 is 2.28 bits per heavy atom. The molecule has 0 spiro atoms. The first-order chi connectivity index (χ1) is 26.0. The van der Waals surface area contributed by atoms with Gasteiger partial charge in [-0.1, -0.05) is 79.4 Å². The predicted octanol–water partition coefficient (Wildman–Crippen LogP) is 9.56. The molecule has 2 aliphatic carbocycles. The molecule has 2 bridgehead atoms. The molecule has 1 aromatic heterocycles. The molecule has 1 saturated heterocycles. The quantitative estimate of drug-likeness (QED) is 0.0683. The van der Waals surface area contributed by atoms with Gasteiger partial charge in [0, 0.05) is 54.6 Å². The van der Waals surface area contributed by atoms with E-state index in [0.29, 0.717) is 58.9 Å². The number of halogens is 3. The van der Waals surface area contributed by atoms with Crippen LogP contribution in [0.3, 0.4) is 0 Å². The Morgan fingerprint density at radius 2 is 1.65 bits per heavy atom. The zero-order valence-corrected chi connectivity index (χ0v) is 33.3. The van der Waals surface area contributed by atoms with Gasteiger partial charge >= 0.3 is 0 Å². The number of piperidine rings is 1. The molecule has 3 atom stereocenters. The SMILES string of the molecule is COCC(=O)CCCCCCCCCCCS(=O)(=O)CC(=O)c1ccc(N2C[C@@H]3C[C@H]2C[C@H]3OCc2c(-c3c(Cl)cccc3Cl)noc2C2CC2)c(F)c1. The summed E-state index contributed by atoms with van der Waals surface area (Å²) < 4.78 is 58.1. The fraction of sp³-hybridized carbons (Fsp3) is 0.585. The summed E-state index contributed by atoms with van der Waals surface area (Å²) in [4.78, 5) is 26.4. The van der Waals surface area contributed by atoms with Crippen LogP contribution in [0.15, 0.2) is 40.9 Å². The number of rotatable bonds is 23. The maximum Gasteiger partial charge on any atom is 0.177 e. The van der Waals surface area contributed by atoms with Crippen LogP contribution in [0.25, 0.3) is 11.3 Å². The third kappa shape index (κ3) is 10.5. The molecule has 2 saturated carbocycles. The summed E-state index contributed by atoms with van der Waals surface area (Å²) >= 11 is 13.0. The first-order valence-electron chi connectivity index (χ1n) is 19.4. The summed E-state index contributed by atoms with van der Waals surface area (Å²) in [5.41, 5.74) is 2.62. The Hall–Kier alpha value is -2.83. The maximum absolute atomic E-state index is 15.5. The highest BCUT2D eigenvalue weighted by molar-refractivity contribution is 7.92. The Balaban J connectivity index is 0.926. The van der Waals surface area contributed by atoms with E-state index in [1.807, 2.05) is 4.90 Å². The number of carbonyl (C=O) groups is 2.